The standard InChI is InChI=1S/C53H103N2O6P/c1-6-8-10-12-14-16-18-20-22-24-25-26-27-28-29-31-33-35-37-39-41-43-45-47-53(57)54-51(50-61-62(58,59)60-49-48-55(3,4)5)52(56)46-44-42-40-38-36-34-32-30-23-21-19-17-15-13-11-9-7-2/h28-29,36,38,44,46,51-52,56H,6-27,30-35,37,39-43,45,47-50H2,1-5H3,(H-,54,57,58,59)/p+1/b29-28-,38-36+,46-44+. The molecule has 0 spiro atoms. The molecule has 3 unspecified atom stereocenters. The van der Waals surface area contributed by atoms with E-state index in [1.807, 2.05) is 27.2 Å². The quantitative estimate of drug-likeness (QED) is 0.0243. The maximum absolute atomic E-state index is 12.9. The van der Waals surface area contributed by atoms with E-state index in [4.69, 9.17) is 9.05 Å². The number of carbonyl (C=O) groups is 1. The molecule has 0 saturated carbocycles. The Morgan fingerprint density at radius 3 is 1.29 bits per heavy atom. The van der Waals surface area contributed by atoms with Crippen molar-refractivity contribution in [2.45, 2.75) is 257 Å². The Bertz CT molecular complexity index is 1110. The van der Waals surface area contributed by atoms with E-state index in [2.05, 4.69) is 43.5 Å². The van der Waals surface area contributed by atoms with E-state index in [1.165, 1.54) is 186 Å². The number of nitrogens with one attached hydrogen (secondary N) is 1. The molecule has 62 heavy (non-hydrogen) atoms. The minimum atomic E-state index is -4.35. The molecule has 0 aromatic heterocycles. The fourth-order valence-electron chi connectivity index (χ4n) is 7.64. The van der Waals surface area contributed by atoms with Crippen molar-refractivity contribution in [3.8, 4) is 0 Å². The summed E-state index contributed by atoms with van der Waals surface area (Å²) < 4.78 is 23.6. The molecule has 0 aromatic carbocycles. The van der Waals surface area contributed by atoms with Gasteiger partial charge in [-0.25, -0.2) is 4.57 Å². The molecule has 0 radical (unpaired) electrons. The van der Waals surface area contributed by atoms with E-state index in [0.717, 1.165) is 38.5 Å². The molecule has 0 aliphatic carbocycles. The number of aliphatic hydroxyl groups excluding tert-OH is 1. The number of phosphoric ester groups is 1. The highest BCUT2D eigenvalue weighted by molar-refractivity contribution is 7.47. The Labute approximate surface area is 385 Å². The molecule has 9 heteroatoms. The minimum Gasteiger partial charge on any atom is -0.387 e. The van der Waals surface area contributed by atoms with Crippen LogP contribution in [0, 0.1) is 0 Å². The minimum absolute atomic E-state index is 0.0557. The van der Waals surface area contributed by atoms with Crippen molar-refractivity contribution in [2.75, 3.05) is 40.9 Å². The largest absolute Gasteiger partial charge is 0.472 e. The van der Waals surface area contributed by atoms with Crippen molar-refractivity contribution < 1.29 is 32.9 Å². The lowest BCUT2D eigenvalue weighted by Crippen LogP contribution is -2.45. The number of amides is 1. The Morgan fingerprint density at radius 2 is 0.887 bits per heavy atom. The average molecular weight is 896 g/mol. The van der Waals surface area contributed by atoms with Gasteiger partial charge in [0.2, 0.25) is 5.91 Å². The number of hydrogen-bond donors (Lipinski definition) is 3. The molecule has 0 rings (SSSR count). The van der Waals surface area contributed by atoms with Crippen LogP contribution >= 0.6 is 7.82 Å². The molecule has 3 N–H and O–H groups in total. The van der Waals surface area contributed by atoms with Crippen LogP contribution in [0.4, 0.5) is 0 Å². The van der Waals surface area contributed by atoms with Crippen LogP contribution < -0.4 is 5.32 Å². The molecule has 0 heterocycles. The number of aliphatic hydroxyl groups is 1. The Kier molecular flexibility index (Phi) is 44.0. The zero-order valence-electron chi connectivity index (χ0n) is 41.6. The third-order valence-corrected chi connectivity index (χ3v) is 12.8. The molecule has 1 amide bonds. The van der Waals surface area contributed by atoms with Crippen molar-refractivity contribution in [3.05, 3.63) is 36.5 Å². The predicted octanol–water partition coefficient (Wildman–Crippen LogP) is 15.4. The lowest BCUT2D eigenvalue weighted by Gasteiger charge is -2.25. The van der Waals surface area contributed by atoms with Gasteiger partial charge in [0.25, 0.3) is 0 Å². The van der Waals surface area contributed by atoms with Crippen LogP contribution in [0.15, 0.2) is 36.5 Å². The second-order valence-corrected chi connectivity index (χ2v) is 20.7. The van der Waals surface area contributed by atoms with Gasteiger partial charge in [-0.1, -0.05) is 217 Å². The molecule has 3 atom stereocenters. The van der Waals surface area contributed by atoms with Gasteiger partial charge in [-0.05, 0) is 57.8 Å². The Hall–Kier alpha value is -1.28. The van der Waals surface area contributed by atoms with Gasteiger partial charge < -0.3 is 19.8 Å². The number of unbranched alkanes of at least 4 members (excludes halogenated alkanes) is 31. The first-order chi connectivity index (χ1) is 30.0. The molecule has 0 aliphatic rings. The van der Waals surface area contributed by atoms with E-state index < -0.39 is 20.0 Å². The van der Waals surface area contributed by atoms with Gasteiger partial charge in [0.15, 0.2) is 0 Å². The van der Waals surface area contributed by atoms with Crippen molar-refractivity contribution in [1.29, 1.82) is 0 Å². The number of phosphoric acid groups is 1. The monoisotopic (exact) mass is 896 g/mol. The summed E-state index contributed by atoms with van der Waals surface area (Å²) in [6, 6.07) is -0.864. The highest BCUT2D eigenvalue weighted by atomic mass is 31.2. The number of hydrogen-bond acceptors (Lipinski definition) is 5. The Morgan fingerprint density at radius 1 is 0.532 bits per heavy atom. The van der Waals surface area contributed by atoms with Crippen LogP contribution in [0.5, 0.6) is 0 Å². The molecular weight excluding hydrogens is 792 g/mol. The second-order valence-electron chi connectivity index (χ2n) is 19.2. The summed E-state index contributed by atoms with van der Waals surface area (Å²) in [6.45, 7) is 4.81. The van der Waals surface area contributed by atoms with Crippen molar-refractivity contribution in [2.24, 2.45) is 0 Å². The average Bonchev–Trinajstić information content (AvgIpc) is 3.23. The molecule has 8 nitrogen and oxygen atoms in total. The van der Waals surface area contributed by atoms with E-state index in [9.17, 15) is 19.4 Å². The summed E-state index contributed by atoms with van der Waals surface area (Å²) in [6.07, 6.45) is 56.6. The normalized spacial score (nSPS) is 14.4. The van der Waals surface area contributed by atoms with Crippen LogP contribution in [-0.2, 0) is 18.4 Å². The van der Waals surface area contributed by atoms with Crippen LogP contribution in [0.1, 0.15) is 245 Å². The SMILES string of the molecule is CCCCCCCCCCCCC/C=C/CC/C=C/C(O)C(COP(=O)(O)OCC[N+](C)(C)C)NC(=O)CCCCCCCCC/C=C\CCCCCCCCCCCCCC. The number of carbonyl (C=O) groups excluding carboxylic acids is 1. The fourth-order valence-corrected chi connectivity index (χ4v) is 8.38. The molecule has 0 aliphatic heterocycles. The topological polar surface area (TPSA) is 105 Å². The summed E-state index contributed by atoms with van der Waals surface area (Å²) in [7, 11) is 1.56. The van der Waals surface area contributed by atoms with Gasteiger partial charge in [-0.2, -0.15) is 0 Å². The first kappa shape index (κ1) is 60.7. The van der Waals surface area contributed by atoms with Crippen LogP contribution in [-0.4, -0.2) is 73.4 Å². The number of quaternary nitrogens is 1. The highest BCUT2D eigenvalue weighted by Gasteiger charge is 2.27. The van der Waals surface area contributed by atoms with Crippen molar-refractivity contribution in [3.63, 3.8) is 0 Å². The molecule has 0 bridgehead atoms. The summed E-state index contributed by atoms with van der Waals surface area (Å²) in [5.41, 5.74) is 0. The molecule has 0 fully saturated rings. The predicted molar refractivity (Wildman–Crippen MR) is 268 cm³/mol. The third-order valence-electron chi connectivity index (χ3n) is 11.8. The summed E-state index contributed by atoms with van der Waals surface area (Å²) in [4.78, 5) is 23.2. The van der Waals surface area contributed by atoms with Gasteiger partial charge in [-0.15, -0.1) is 0 Å². The summed E-state index contributed by atoms with van der Waals surface area (Å²) >= 11 is 0. The first-order valence-electron chi connectivity index (χ1n) is 26.4. The Balaban J connectivity index is 4.30. The number of allylic oxidation sites excluding steroid dienone is 5. The second kappa shape index (κ2) is 44.9. The van der Waals surface area contributed by atoms with Gasteiger partial charge >= 0.3 is 7.82 Å². The third kappa shape index (κ3) is 46.7. The smallest absolute Gasteiger partial charge is 0.387 e. The zero-order valence-corrected chi connectivity index (χ0v) is 42.5. The number of likely N-dealkylation sites (N-methyl/N-ethyl adjacent to an activating group) is 1. The molecule has 0 aromatic rings. The van der Waals surface area contributed by atoms with E-state index in [0.29, 0.717) is 17.4 Å². The van der Waals surface area contributed by atoms with Gasteiger partial charge in [0.05, 0.1) is 39.9 Å². The van der Waals surface area contributed by atoms with Gasteiger partial charge in [0, 0.05) is 6.42 Å². The van der Waals surface area contributed by atoms with Crippen LogP contribution in [0.25, 0.3) is 0 Å². The molecule has 0 saturated heterocycles. The van der Waals surface area contributed by atoms with E-state index in [1.54, 1.807) is 6.08 Å². The first-order valence-corrected chi connectivity index (χ1v) is 27.9. The lowest BCUT2D eigenvalue weighted by molar-refractivity contribution is -0.870. The van der Waals surface area contributed by atoms with Crippen LogP contribution in [0.3, 0.4) is 0 Å². The maximum Gasteiger partial charge on any atom is 0.472 e. The van der Waals surface area contributed by atoms with Gasteiger partial charge in [-0.3, -0.25) is 13.8 Å². The highest BCUT2D eigenvalue weighted by Crippen LogP contribution is 2.43. The zero-order chi connectivity index (χ0) is 45.7. The van der Waals surface area contributed by atoms with E-state index >= 15 is 0 Å². The van der Waals surface area contributed by atoms with E-state index in [-0.39, 0.29) is 19.1 Å². The summed E-state index contributed by atoms with van der Waals surface area (Å²) in [5, 5.41) is 13.9. The molecular formula is C53H104N2O6P+. The fraction of sp³-hybridized carbons (Fsp3) is 0.868. The molecule has 366 valence electrons. The lowest BCUT2D eigenvalue weighted by atomic mass is 10.0. The number of nitrogens with zero attached hydrogens (tertiary/aromatic N) is 1. The summed E-state index contributed by atoms with van der Waals surface area (Å²) in [5.74, 6) is -0.189. The van der Waals surface area contributed by atoms with Gasteiger partial charge in [0.1, 0.15) is 13.2 Å². The van der Waals surface area contributed by atoms with Crippen molar-refractivity contribution in [1.82, 2.24) is 5.32 Å². The van der Waals surface area contributed by atoms with Crippen molar-refractivity contribution >= 4 is 13.7 Å². The van der Waals surface area contributed by atoms with Crippen LogP contribution in [0.2, 0.25) is 0 Å². The number of rotatable bonds is 48. The maximum atomic E-state index is 12.9.